The molecule has 0 bridgehead atoms. The minimum Gasteiger partial charge on any atom is -0.357 e. The standard InChI is InChI=1S/C22H27FN4O.ClH/c1-15-14-19(12-13-27(15)18-10-11-18)26(2)21-5-3-4-20(24-21)25-22(28)16-6-8-17(23)9-7-16;/h3-9,15,18-19H,10-14H2,1-2H3,(H,24,25,28);1H. The predicted molar refractivity (Wildman–Crippen MR) is 116 cm³/mol. The van der Waals surface area contributed by atoms with Crippen molar-refractivity contribution in [3.05, 3.63) is 53.8 Å². The molecule has 2 aromatic rings. The molecule has 156 valence electrons. The Kier molecular flexibility index (Phi) is 6.75. The number of aromatic nitrogens is 1. The van der Waals surface area contributed by atoms with E-state index in [1.54, 1.807) is 6.07 Å². The van der Waals surface area contributed by atoms with Crippen molar-refractivity contribution in [1.29, 1.82) is 0 Å². The molecular weight excluding hydrogens is 391 g/mol. The first-order valence-electron chi connectivity index (χ1n) is 10.0. The summed E-state index contributed by atoms with van der Waals surface area (Å²) in [5.41, 5.74) is 0.406. The van der Waals surface area contributed by atoms with Gasteiger partial charge in [-0.1, -0.05) is 6.07 Å². The molecular formula is C22H28ClFN4O. The van der Waals surface area contributed by atoms with Crippen LogP contribution >= 0.6 is 12.4 Å². The topological polar surface area (TPSA) is 48.5 Å². The van der Waals surface area contributed by atoms with E-state index >= 15 is 0 Å². The lowest BCUT2D eigenvalue weighted by Crippen LogP contribution is -2.49. The summed E-state index contributed by atoms with van der Waals surface area (Å²) in [6.07, 6.45) is 4.95. The number of piperidine rings is 1. The molecule has 2 unspecified atom stereocenters. The first-order chi connectivity index (χ1) is 13.5. The monoisotopic (exact) mass is 418 g/mol. The molecule has 2 atom stereocenters. The number of nitrogens with zero attached hydrogens (tertiary/aromatic N) is 3. The van der Waals surface area contributed by atoms with E-state index in [0.717, 1.165) is 31.2 Å². The van der Waals surface area contributed by atoms with Gasteiger partial charge in [0.05, 0.1) is 0 Å². The van der Waals surface area contributed by atoms with Crippen LogP contribution in [0.4, 0.5) is 16.0 Å². The summed E-state index contributed by atoms with van der Waals surface area (Å²) in [5, 5.41) is 2.81. The highest BCUT2D eigenvalue weighted by Crippen LogP contribution is 2.34. The van der Waals surface area contributed by atoms with E-state index in [2.05, 4.69) is 34.1 Å². The molecule has 7 heteroatoms. The van der Waals surface area contributed by atoms with Crippen molar-refractivity contribution in [3.8, 4) is 0 Å². The van der Waals surface area contributed by atoms with Gasteiger partial charge >= 0.3 is 0 Å². The summed E-state index contributed by atoms with van der Waals surface area (Å²) in [7, 11) is 2.08. The van der Waals surface area contributed by atoms with E-state index in [1.807, 2.05) is 12.1 Å². The van der Waals surface area contributed by atoms with Crippen LogP contribution in [0.1, 0.15) is 43.0 Å². The Morgan fingerprint density at radius 2 is 1.90 bits per heavy atom. The normalized spacial score (nSPS) is 21.9. The molecule has 1 aromatic heterocycles. The van der Waals surface area contributed by atoms with E-state index in [4.69, 9.17) is 0 Å². The predicted octanol–water partition coefficient (Wildman–Crippen LogP) is 4.35. The molecule has 2 heterocycles. The van der Waals surface area contributed by atoms with Crippen LogP contribution in [0, 0.1) is 5.82 Å². The number of rotatable bonds is 5. The minimum absolute atomic E-state index is 0. The second-order valence-electron chi connectivity index (χ2n) is 7.95. The molecule has 5 nitrogen and oxygen atoms in total. The Morgan fingerprint density at radius 3 is 2.55 bits per heavy atom. The van der Waals surface area contributed by atoms with Gasteiger partial charge in [0.2, 0.25) is 0 Å². The molecule has 1 aromatic carbocycles. The molecule has 0 radical (unpaired) electrons. The van der Waals surface area contributed by atoms with Gasteiger partial charge in [0.15, 0.2) is 0 Å². The average Bonchev–Trinajstić information content (AvgIpc) is 3.53. The number of halogens is 2. The number of benzene rings is 1. The quantitative estimate of drug-likeness (QED) is 0.784. The van der Waals surface area contributed by atoms with E-state index in [-0.39, 0.29) is 24.1 Å². The highest BCUT2D eigenvalue weighted by atomic mass is 35.5. The molecule has 1 aliphatic heterocycles. The van der Waals surface area contributed by atoms with Crippen molar-refractivity contribution in [1.82, 2.24) is 9.88 Å². The third-order valence-electron chi connectivity index (χ3n) is 5.91. The smallest absolute Gasteiger partial charge is 0.256 e. The number of likely N-dealkylation sites (tertiary alicyclic amines) is 1. The van der Waals surface area contributed by atoms with Gasteiger partial charge in [0, 0.05) is 37.3 Å². The summed E-state index contributed by atoms with van der Waals surface area (Å²) in [5.74, 6) is 0.704. The van der Waals surface area contributed by atoms with Crippen LogP contribution < -0.4 is 10.2 Å². The molecule has 2 aliphatic rings. The fourth-order valence-corrected chi connectivity index (χ4v) is 4.13. The van der Waals surface area contributed by atoms with Crippen LogP contribution in [-0.4, -0.2) is 47.5 Å². The largest absolute Gasteiger partial charge is 0.357 e. The lowest BCUT2D eigenvalue weighted by atomic mass is 9.97. The summed E-state index contributed by atoms with van der Waals surface area (Å²) in [6, 6.07) is 13.0. The molecule has 4 rings (SSSR count). The third kappa shape index (κ3) is 5.06. The SMILES string of the molecule is CC1CC(N(C)c2cccc(NC(=O)c3ccc(F)cc3)n2)CCN1C1CC1.Cl. The van der Waals surface area contributed by atoms with E-state index < -0.39 is 0 Å². The van der Waals surface area contributed by atoms with Gasteiger partial charge in [-0.25, -0.2) is 9.37 Å². The number of carbonyl (C=O) groups excluding carboxylic acids is 1. The van der Waals surface area contributed by atoms with Crippen molar-refractivity contribution in [3.63, 3.8) is 0 Å². The molecule has 2 fully saturated rings. The Labute approximate surface area is 177 Å². The summed E-state index contributed by atoms with van der Waals surface area (Å²) in [6.45, 7) is 3.47. The lowest BCUT2D eigenvalue weighted by Gasteiger charge is -2.41. The molecule has 1 N–H and O–H groups in total. The van der Waals surface area contributed by atoms with Crippen molar-refractivity contribution in [2.45, 2.75) is 50.7 Å². The number of hydrogen-bond donors (Lipinski definition) is 1. The number of amides is 1. The molecule has 1 saturated carbocycles. The number of hydrogen-bond acceptors (Lipinski definition) is 4. The van der Waals surface area contributed by atoms with Crippen molar-refractivity contribution >= 4 is 29.9 Å². The second-order valence-corrected chi connectivity index (χ2v) is 7.95. The van der Waals surface area contributed by atoms with Crippen LogP contribution in [0.3, 0.4) is 0 Å². The third-order valence-corrected chi connectivity index (χ3v) is 5.91. The van der Waals surface area contributed by atoms with Gasteiger partial charge in [-0.05, 0) is 69.0 Å². The summed E-state index contributed by atoms with van der Waals surface area (Å²) < 4.78 is 13.0. The lowest BCUT2D eigenvalue weighted by molar-refractivity contribution is 0.102. The fourth-order valence-electron chi connectivity index (χ4n) is 4.13. The van der Waals surface area contributed by atoms with Crippen molar-refractivity contribution in [2.24, 2.45) is 0 Å². The maximum Gasteiger partial charge on any atom is 0.256 e. The maximum absolute atomic E-state index is 13.0. The van der Waals surface area contributed by atoms with Crippen LogP contribution in [0.25, 0.3) is 0 Å². The Bertz CT molecular complexity index is 843. The van der Waals surface area contributed by atoms with Gasteiger partial charge in [-0.15, -0.1) is 12.4 Å². The van der Waals surface area contributed by atoms with Gasteiger partial charge in [0.25, 0.3) is 5.91 Å². The van der Waals surface area contributed by atoms with Gasteiger partial charge in [0.1, 0.15) is 17.5 Å². The zero-order valence-corrected chi connectivity index (χ0v) is 17.7. The van der Waals surface area contributed by atoms with Gasteiger partial charge in [-0.3, -0.25) is 9.69 Å². The zero-order chi connectivity index (χ0) is 19.7. The molecule has 0 spiro atoms. The number of nitrogens with one attached hydrogen (secondary N) is 1. The molecule has 1 amide bonds. The second kappa shape index (κ2) is 9.09. The first kappa shape index (κ1) is 21.5. The number of anilines is 2. The average molecular weight is 419 g/mol. The van der Waals surface area contributed by atoms with E-state index in [0.29, 0.717) is 23.5 Å². The molecule has 1 aliphatic carbocycles. The van der Waals surface area contributed by atoms with Crippen LogP contribution in [0.2, 0.25) is 0 Å². The maximum atomic E-state index is 13.0. The van der Waals surface area contributed by atoms with Gasteiger partial charge in [-0.2, -0.15) is 0 Å². The number of pyridine rings is 1. The van der Waals surface area contributed by atoms with Crippen LogP contribution in [-0.2, 0) is 0 Å². The first-order valence-corrected chi connectivity index (χ1v) is 10.0. The van der Waals surface area contributed by atoms with Crippen molar-refractivity contribution < 1.29 is 9.18 Å². The van der Waals surface area contributed by atoms with E-state index in [1.165, 1.54) is 37.1 Å². The Morgan fingerprint density at radius 1 is 1.17 bits per heavy atom. The Hall–Kier alpha value is -2.18. The number of carbonyl (C=O) groups is 1. The van der Waals surface area contributed by atoms with Crippen molar-refractivity contribution in [2.75, 3.05) is 23.8 Å². The fraction of sp³-hybridized carbons (Fsp3) is 0.455. The Balaban J connectivity index is 0.00000240. The highest BCUT2D eigenvalue weighted by Gasteiger charge is 2.37. The summed E-state index contributed by atoms with van der Waals surface area (Å²) in [4.78, 5) is 21.9. The van der Waals surface area contributed by atoms with Gasteiger partial charge < -0.3 is 10.2 Å². The minimum atomic E-state index is -0.361. The van der Waals surface area contributed by atoms with E-state index in [9.17, 15) is 9.18 Å². The zero-order valence-electron chi connectivity index (χ0n) is 16.8. The molecule has 29 heavy (non-hydrogen) atoms. The highest BCUT2D eigenvalue weighted by molar-refractivity contribution is 6.03. The van der Waals surface area contributed by atoms with Crippen LogP contribution in [0.15, 0.2) is 42.5 Å². The van der Waals surface area contributed by atoms with Crippen LogP contribution in [0.5, 0.6) is 0 Å². The molecule has 1 saturated heterocycles. The summed E-state index contributed by atoms with van der Waals surface area (Å²) >= 11 is 0.